The van der Waals surface area contributed by atoms with E-state index in [0.29, 0.717) is 11.3 Å². The molecule has 0 aromatic carbocycles. The van der Waals surface area contributed by atoms with Gasteiger partial charge in [-0.05, 0) is 19.1 Å². The highest BCUT2D eigenvalue weighted by Crippen LogP contribution is 2.20. The molecule has 15 heavy (non-hydrogen) atoms. The van der Waals surface area contributed by atoms with Crippen LogP contribution < -0.4 is 0 Å². The number of hydrogen-bond acceptors (Lipinski definition) is 3. The van der Waals surface area contributed by atoms with Gasteiger partial charge in [0, 0.05) is 11.9 Å². The van der Waals surface area contributed by atoms with Crippen LogP contribution in [-0.4, -0.2) is 25.6 Å². The van der Waals surface area contributed by atoms with Gasteiger partial charge in [-0.2, -0.15) is 0 Å². The van der Waals surface area contributed by atoms with E-state index >= 15 is 0 Å². The number of aromatic hydroxyl groups is 1. The molecule has 0 unspecified atom stereocenters. The summed E-state index contributed by atoms with van der Waals surface area (Å²) in [7, 11) is 0. The van der Waals surface area contributed by atoms with Gasteiger partial charge < -0.3 is 14.6 Å². The lowest BCUT2D eigenvalue weighted by Crippen LogP contribution is -2.02. The van der Waals surface area contributed by atoms with Crippen LogP contribution in [0.2, 0.25) is 0 Å². The highest BCUT2D eigenvalue weighted by molar-refractivity contribution is 5.71. The van der Waals surface area contributed by atoms with Crippen molar-refractivity contribution in [2.24, 2.45) is 0 Å². The summed E-state index contributed by atoms with van der Waals surface area (Å²) in [6, 6.07) is 3.20. The molecule has 0 aliphatic carbocycles. The predicted molar refractivity (Wildman–Crippen MR) is 52.9 cm³/mol. The number of fused-ring (bicyclic) bond motifs is 1. The zero-order chi connectivity index (χ0) is 11.0. The summed E-state index contributed by atoms with van der Waals surface area (Å²) in [6.45, 7) is 1.78. The molecule has 2 rings (SSSR count). The Morgan fingerprint density at radius 3 is 2.93 bits per heavy atom. The van der Waals surface area contributed by atoms with E-state index in [9.17, 15) is 9.90 Å². The van der Waals surface area contributed by atoms with E-state index in [4.69, 9.17) is 5.11 Å². The van der Waals surface area contributed by atoms with Gasteiger partial charge in [0.2, 0.25) is 0 Å². The Labute approximate surface area is 85.6 Å². The van der Waals surface area contributed by atoms with Gasteiger partial charge in [0.1, 0.15) is 0 Å². The number of aryl methyl sites for hydroxylation is 1. The van der Waals surface area contributed by atoms with Gasteiger partial charge in [-0.3, -0.25) is 4.79 Å². The Bertz CT molecular complexity index is 531. The molecule has 0 spiro atoms. The lowest BCUT2D eigenvalue weighted by molar-refractivity contribution is -0.136. The zero-order valence-corrected chi connectivity index (χ0v) is 8.14. The maximum Gasteiger partial charge on any atom is 0.309 e. The van der Waals surface area contributed by atoms with E-state index in [2.05, 4.69) is 4.98 Å². The highest BCUT2D eigenvalue weighted by atomic mass is 16.4. The summed E-state index contributed by atoms with van der Waals surface area (Å²) >= 11 is 0. The van der Waals surface area contributed by atoms with Gasteiger partial charge in [0.15, 0.2) is 11.4 Å². The molecule has 0 fully saturated rings. The topological polar surface area (TPSA) is 74.8 Å². The number of aliphatic carboxylic acids is 1. The van der Waals surface area contributed by atoms with Crippen molar-refractivity contribution in [3.05, 3.63) is 29.7 Å². The molecule has 2 aromatic rings. The van der Waals surface area contributed by atoms with Crippen molar-refractivity contribution in [2.45, 2.75) is 13.3 Å². The number of carboxylic acid groups (broad SMARTS) is 1. The molecule has 78 valence electrons. The molecule has 0 saturated carbocycles. The number of pyridine rings is 1. The predicted octanol–water partition coefficient (Wildman–Crippen LogP) is 0.975. The maximum atomic E-state index is 10.6. The monoisotopic (exact) mass is 206 g/mol. The molecule has 0 radical (unpaired) electrons. The summed E-state index contributed by atoms with van der Waals surface area (Å²) in [4.78, 5) is 14.7. The van der Waals surface area contributed by atoms with Crippen LogP contribution in [0.1, 0.15) is 11.4 Å². The van der Waals surface area contributed by atoms with Crippen LogP contribution in [0.3, 0.4) is 0 Å². The SMILES string of the molecule is Cc1c(CC(=O)O)nc2c(O)cccn12. The fourth-order valence-corrected chi connectivity index (χ4v) is 1.53. The van der Waals surface area contributed by atoms with Crippen molar-refractivity contribution in [1.82, 2.24) is 9.38 Å². The molecule has 5 heteroatoms. The highest BCUT2D eigenvalue weighted by Gasteiger charge is 2.12. The van der Waals surface area contributed by atoms with Crippen LogP contribution in [0.5, 0.6) is 5.75 Å². The maximum absolute atomic E-state index is 10.6. The smallest absolute Gasteiger partial charge is 0.309 e. The van der Waals surface area contributed by atoms with Gasteiger partial charge in [0.05, 0.1) is 12.1 Å². The van der Waals surface area contributed by atoms with Crippen molar-refractivity contribution >= 4 is 11.6 Å². The molecule has 2 N–H and O–H groups in total. The molecule has 2 aromatic heterocycles. The fraction of sp³-hybridized carbons (Fsp3) is 0.200. The summed E-state index contributed by atoms with van der Waals surface area (Å²) < 4.78 is 1.67. The van der Waals surface area contributed by atoms with Crippen LogP contribution in [-0.2, 0) is 11.2 Å². The Morgan fingerprint density at radius 1 is 1.60 bits per heavy atom. The van der Waals surface area contributed by atoms with Gasteiger partial charge in [-0.15, -0.1) is 0 Å². The molecule has 0 amide bonds. The second kappa shape index (κ2) is 3.27. The number of nitrogens with zero attached hydrogens (tertiary/aromatic N) is 2. The van der Waals surface area contributed by atoms with E-state index in [1.54, 1.807) is 23.6 Å². The standard InChI is InChI=1S/C10H10N2O3/c1-6-7(5-9(14)15)11-10-8(13)3-2-4-12(6)10/h2-4,13H,5H2,1H3,(H,14,15). The first-order valence-corrected chi connectivity index (χ1v) is 4.47. The third-order valence-corrected chi connectivity index (χ3v) is 2.29. The number of carbonyl (C=O) groups is 1. The molecule has 0 bridgehead atoms. The number of carboxylic acids is 1. The largest absolute Gasteiger partial charge is 0.504 e. The summed E-state index contributed by atoms with van der Waals surface area (Å²) in [5, 5.41) is 18.2. The van der Waals surface area contributed by atoms with Gasteiger partial charge >= 0.3 is 5.97 Å². The van der Waals surface area contributed by atoms with Crippen molar-refractivity contribution in [3.8, 4) is 5.75 Å². The van der Waals surface area contributed by atoms with E-state index < -0.39 is 5.97 Å². The quantitative estimate of drug-likeness (QED) is 0.767. The van der Waals surface area contributed by atoms with Gasteiger partial charge in [-0.25, -0.2) is 4.98 Å². The third kappa shape index (κ3) is 1.52. The Balaban J connectivity index is 2.64. The second-order valence-electron chi connectivity index (χ2n) is 3.30. The van der Waals surface area contributed by atoms with Crippen LogP contribution in [0.25, 0.3) is 5.65 Å². The van der Waals surface area contributed by atoms with Crippen LogP contribution in [0.15, 0.2) is 18.3 Å². The molecular formula is C10H10N2O3. The minimum absolute atomic E-state index is 0.0530. The molecule has 0 aliphatic rings. The minimum atomic E-state index is -0.930. The molecule has 5 nitrogen and oxygen atoms in total. The van der Waals surface area contributed by atoms with Crippen molar-refractivity contribution in [3.63, 3.8) is 0 Å². The fourth-order valence-electron chi connectivity index (χ4n) is 1.53. The molecular weight excluding hydrogens is 196 g/mol. The number of aromatic nitrogens is 2. The Morgan fingerprint density at radius 2 is 2.33 bits per heavy atom. The lowest BCUT2D eigenvalue weighted by atomic mass is 10.2. The normalized spacial score (nSPS) is 10.7. The Hall–Kier alpha value is -2.04. The minimum Gasteiger partial charge on any atom is -0.504 e. The van der Waals surface area contributed by atoms with Crippen LogP contribution >= 0.6 is 0 Å². The number of rotatable bonds is 2. The van der Waals surface area contributed by atoms with Gasteiger partial charge in [0.25, 0.3) is 0 Å². The first kappa shape index (κ1) is 9.51. The summed E-state index contributed by atoms with van der Waals surface area (Å²) in [6.07, 6.45) is 1.61. The van der Waals surface area contributed by atoms with Crippen LogP contribution in [0, 0.1) is 6.92 Å². The number of hydrogen-bond donors (Lipinski definition) is 2. The summed E-state index contributed by atoms with van der Waals surface area (Å²) in [5.41, 5.74) is 1.61. The Kier molecular flexibility index (Phi) is 2.07. The van der Waals surface area contributed by atoms with E-state index in [1.165, 1.54) is 6.07 Å². The first-order chi connectivity index (χ1) is 7.09. The average Bonchev–Trinajstić information content (AvgIpc) is 2.46. The average molecular weight is 206 g/mol. The third-order valence-electron chi connectivity index (χ3n) is 2.29. The summed E-state index contributed by atoms with van der Waals surface area (Å²) in [5.74, 6) is -0.877. The van der Waals surface area contributed by atoms with E-state index in [0.717, 1.165) is 5.69 Å². The molecule has 0 saturated heterocycles. The van der Waals surface area contributed by atoms with Crippen molar-refractivity contribution < 1.29 is 15.0 Å². The second-order valence-corrected chi connectivity index (χ2v) is 3.30. The molecule has 0 aliphatic heterocycles. The molecule has 2 heterocycles. The van der Waals surface area contributed by atoms with Crippen LogP contribution in [0.4, 0.5) is 0 Å². The lowest BCUT2D eigenvalue weighted by Gasteiger charge is -1.97. The van der Waals surface area contributed by atoms with Gasteiger partial charge in [-0.1, -0.05) is 0 Å². The van der Waals surface area contributed by atoms with Crippen molar-refractivity contribution in [2.75, 3.05) is 0 Å². The molecule has 0 atom stereocenters. The first-order valence-electron chi connectivity index (χ1n) is 4.47. The number of imidazole rings is 1. The van der Waals surface area contributed by atoms with E-state index in [-0.39, 0.29) is 12.2 Å². The van der Waals surface area contributed by atoms with Crippen molar-refractivity contribution in [1.29, 1.82) is 0 Å². The zero-order valence-electron chi connectivity index (χ0n) is 8.14. The van der Waals surface area contributed by atoms with E-state index in [1.807, 2.05) is 0 Å².